The number of hydrogen-bond acceptors (Lipinski definition) is 7. The summed E-state index contributed by atoms with van der Waals surface area (Å²) < 4.78 is 7.79. The molecule has 0 atom stereocenters. The molecular formula is C28H29BrN4O4S. The van der Waals surface area contributed by atoms with Gasteiger partial charge in [-0.2, -0.15) is 5.26 Å². The lowest BCUT2D eigenvalue weighted by atomic mass is 10.1. The van der Waals surface area contributed by atoms with E-state index in [9.17, 15) is 20.0 Å². The van der Waals surface area contributed by atoms with Crippen molar-refractivity contribution >= 4 is 44.8 Å². The van der Waals surface area contributed by atoms with Crippen molar-refractivity contribution in [2.24, 2.45) is 0 Å². The van der Waals surface area contributed by atoms with Gasteiger partial charge in [0, 0.05) is 26.2 Å². The van der Waals surface area contributed by atoms with E-state index < -0.39 is 0 Å². The molecule has 1 fully saturated rings. The molecule has 0 bridgehead atoms. The van der Waals surface area contributed by atoms with Crippen LogP contribution in [0.1, 0.15) is 23.6 Å². The zero-order valence-electron chi connectivity index (χ0n) is 21.7. The first-order chi connectivity index (χ1) is 18.2. The molecule has 0 aliphatic carbocycles. The number of thiazole rings is 1. The van der Waals surface area contributed by atoms with Gasteiger partial charge < -0.3 is 19.6 Å². The molecule has 198 valence electrons. The molecule has 1 saturated heterocycles. The van der Waals surface area contributed by atoms with Crippen molar-refractivity contribution in [2.45, 2.75) is 20.8 Å². The fraction of sp³-hybridized carbons (Fsp3) is 0.321. The number of carbonyl (C=O) groups excluding carboxylic acids is 1. The summed E-state index contributed by atoms with van der Waals surface area (Å²) in [5.74, 6) is -0.162. The van der Waals surface area contributed by atoms with Crippen molar-refractivity contribution in [3.05, 3.63) is 71.0 Å². The first-order valence-electron chi connectivity index (χ1n) is 12.2. The normalized spacial score (nSPS) is 15.4. The van der Waals surface area contributed by atoms with Crippen LogP contribution < -0.4 is 19.5 Å². The van der Waals surface area contributed by atoms with E-state index in [1.807, 2.05) is 32.0 Å². The smallest absolute Gasteiger partial charge is 0.273 e. The number of phenols is 1. The first-order valence-corrected chi connectivity index (χ1v) is 13.8. The molecule has 1 aliphatic heterocycles. The lowest BCUT2D eigenvalue weighted by Gasteiger charge is -2.33. The van der Waals surface area contributed by atoms with Crippen LogP contribution in [0.25, 0.3) is 17.3 Å². The van der Waals surface area contributed by atoms with Crippen molar-refractivity contribution in [2.75, 3.05) is 39.8 Å². The minimum Gasteiger partial charge on any atom is -0.503 e. The molecule has 1 N–H and O–H groups in total. The largest absolute Gasteiger partial charge is 0.503 e. The molecule has 1 amide bonds. The fourth-order valence-corrected chi connectivity index (χ4v) is 5.99. The number of ether oxygens (including phenoxy) is 1. The second-order valence-electron chi connectivity index (χ2n) is 9.04. The summed E-state index contributed by atoms with van der Waals surface area (Å²) in [6.07, 6.45) is 1.67. The maximum absolute atomic E-state index is 13.9. The van der Waals surface area contributed by atoms with Crippen LogP contribution in [0.2, 0.25) is 0 Å². The van der Waals surface area contributed by atoms with Crippen molar-refractivity contribution in [1.29, 1.82) is 5.26 Å². The number of aromatic nitrogens is 1. The van der Waals surface area contributed by atoms with Crippen LogP contribution in [0.4, 0.5) is 0 Å². The predicted octanol–water partition coefficient (Wildman–Crippen LogP) is 2.66. The van der Waals surface area contributed by atoms with Crippen LogP contribution in [-0.2, 0) is 4.79 Å². The van der Waals surface area contributed by atoms with Crippen LogP contribution in [0, 0.1) is 25.2 Å². The van der Waals surface area contributed by atoms with E-state index in [1.165, 1.54) is 11.7 Å². The first kappa shape index (κ1) is 27.6. The summed E-state index contributed by atoms with van der Waals surface area (Å²) in [4.78, 5) is 31.4. The highest BCUT2D eigenvalue weighted by molar-refractivity contribution is 9.10. The Balaban J connectivity index is 1.99. The van der Waals surface area contributed by atoms with Gasteiger partial charge in [0.15, 0.2) is 17.1 Å². The van der Waals surface area contributed by atoms with Gasteiger partial charge in [0.25, 0.3) is 11.5 Å². The Morgan fingerprint density at radius 1 is 1.24 bits per heavy atom. The molecule has 3 aromatic rings. The Kier molecular flexibility index (Phi) is 8.41. The highest BCUT2D eigenvalue weighted by Gasteiger charge is 2.26. The molecule has 0 saturated carbocycles. The van der Waals surface area contributed by atoms with Gasteiger partial charge in [0.2, 0.25) is 0 Å². The van der Waals surface area contributed by atoms with Gasteiger partial charge >= 0.3 is 0 Å². The van der Waals surface area contributed by atoms with Gasteiger partial charge in [-0.3, -0.25) is 14.2 Å². The molecule has 4 rings (SSSR count). The Morgan fingerprint density at radius 2 is 1.95 bits per heavy atom. The van der Waals surface area contributed by atoms with E-state index in [-0.39, 0.29) is 28.5 Å². The molecule has 0 unspecified atom stereocenters. The van der Waals surface area contributed by atoms with Gasteiger partial charge in [0.05, 0.1) is 21.8 Å². The SMILES string of the molecule is CCN1CCN(C(=O)/C(C#N)=c2\s/c(=C/c3cc(Br)c(O)c(OC)c3)c(=O)n2-c2cccc(C)c2C)CC1. The molecule has 2 heterocycles. The average molecular weight is 598 g/mol. The molecule has 38 heavy (non-hydrogen) atoms. The molecule has 1 aliphatic rings. The van der Waals surface area contributed by atoms with E-state index in [0.717, 1.165) is 42.1 Å². The highest BCUT2D eigenvalue weighted by atomic mass is 79.9. The number of aryl methyl sites for hydroxylation is 1. The van der Waals surface area contributed by atoms with E-state index in [2.05, 4.69) is 33.8 Å². The number of piperazine rings is 1. The van der Waals surface area contributed by atoms with Gasteiger partial charge in [-0.05, 0) is 77.3 Å². The number of methoxy groups -OCH3 is 1. The van der Waals surface area contributed by atoms with Crippen molar-refractivity contribution in [3.8, 4) is 23.3 Å². The standard InChI is InChI=1S/C28H29BrN4O4S/c1-5-31-9-11-32(12-10-31)26(35)20(16-30)28-33(22-8-6-7-17(2)18(22)3)27(36)24(38-28)15-19-13-21(29)25(34)23(14-19)37-4/h6-8,13-15,34H,5,9-12H2,1-4H3/b24-15+,28-20-. The third-order valence-corrected chi connectivity index (χ3v) is 8.55. The number of carbonyl (C=O) groups is 1. The summed E-state index contributed by atoms with van der Waals surface area (Å²) >= 11 is 4.42. The van der Waals surface area contributed by atoms with Crippen LogP contribution in [0.5, 0.6) is 11.5 Å². The second kappa shape index (κ2) is 11.6. The summed E-state index contributed by atoms with van der Waals surface area (Å²) in [5.41, 5.74) is 2.73. The number of hydrogen-bond donors (Lipinski definition) is 1. The number of halogens is 1. The molecular weight excluding hydrogens is 568 g/mol. The maximum atomic E-state index is 13.9. The van der Waals surface area contributed by atoms with Crippen LogP contribution in [0.15, 0.2) is 39.6 Å². The Labute approximate surface area is 233 Å². The lowest BCUT2D eigenvalue weighted by molar-refractivity contribution is -0.126. The van der Waals surface area contributed by atoms with Crippen LogP contribution in [-0.4, -0.2) is 65.2 Å². The van der Waals surface area contributed by atoms with E-state index >= 15 is 0 Å². The fourth-order valence-electron chi connectivity index (χ4n) is 4.44. The quantitative estimate of drug-likeness (QED) is 0.486. The van der Waals surface area contributed by atoms with Crippen molar-refractivity contribution in [3.63, 3.8) is 0 Å². The monoisotopic (exact) mass is 596 g/mol. The van der Waals surface area contributed by atoms with Crippen molar-refractivity contribution in [1.82, 2.24) is 14.4 Å². The number of phenolic OH excluding ortho intramolecular Hbond substituents is 1. The number of rotatable bonds is 5. The Bertz CT molecular complexity index is 1610. The van der Waals surface area contributed by atoms with Gasteiger partial charge in [-0.1, -0.05) is 19.1 Å². The molecule has 0 spiro atoms. The number of likely N-dealkylation sites (N-methyl/N-ethyl adjacent to an activating group) is 1. The van der Waals surface area contributed by atoms with Gasteiger partial charge in [-0.25, -0.2) is 0 Å². The molecule has 10 heteroatoms. The summed E-state index contributed by atoms with van der Waals surface area (Å²) in [6, 6.07) is 11.0. The van der Waals surface area contributed by atoms with E-state index in [1.54, 1.807) is 23.1 Å². The van der Waals surface area contributed by atoms with E-state index in [4.69, 9.17) is 4.74 Å². The zero-order valence-corrected chi connectivity index (χ0v) is 24.1. The summed E-state index contributed by atoms with van der Waals surface area (Å²) in [5, 5.41) is 20.4. The topological polar surface area (TPSA) is 98.8 Å². The minimum absolute atomic E-state index is 0.0433. The zero-order chi connectivity index (χ0) is 27.6. The number of nitrogens with zero attached hydrogens (tertiary/aromatic N) is 4. The average Bonchev–Trinajstić information content (AvgIpc) is 3.23. The van der Waals surface area contributed by atoms with Crippen LogP contribution >= 0.6 is 27.3 Å². The third-order valence-electron chi connectivity index (χ3n) is 6.86. The summed E-state index contributed by atoms with van der Waals surface area (Å²) in [7, 11) is 1.45. The van der Waals surface area contributed by atoms with Crippen molar-refractivity contribution < 1.29 is 14.6 Å². The maximum Gasteiger partial charge on any atom is 0.273 e. The molecule has 1 aromatic heterocycles. The van der Waals surface area contributed by atoms with Crippen LogP contribution in [0.3, 0.4) is 0 Å². The molecule has 0 radical (unpaired) electrons. The van der Waals surface area contributed by atoms with Gasteiger partial charge in [-0.15, -0.1) is 11.3 Å². The number of aromatic hydroxyl groups is 1. The molecule has 2 aromatic carbocycles. The number of amides is 1. The highest BCUT2D eigenvalue weighted by Crippen LogP contribution is 2.35. The Hall–Kier alpha value is -3.39. The number of nitriles is 1. The third kappa shape index (κ3) is 5.27. The molecule has 8 nitrogen and oxygen atoms in total. The van der Waals surface area contributed by atoms with E-state index in [0.29, 0.717) is 38.0 Å². The summed E-state index contributed by atoms with van der Waals surface area (Å²) in [6.45, 7) is 9.40. The minimum atomic E-state index is -0.371. The Morgan fingerprint density at radius 3 is 2.58 bits per heavy atom. The number of benzene rings is 2. The lowest BCUT2D eigenvalue weighted by Crippen LogP contribution is -2.49. The second-order valence-corrected chi connectivity index (χ2v) is 10.9. The van der Waals surface area contributed by atoms with Gasteiger partial charge in [0.1, 0.15) is 10.7 Å². The predicted molar refractivity (Wildman–Crippen MR) is 152 cm³/mol.